The normalized spacial score (nSPS) is 12.9. The van der Waals surface area contributed by atoms with Gasteiger partial charge in [-0.15, -0.1) is 0 Å². The molecule has 0 spiro atoms. The first kappa shape index (κ1) is 75.4. The van der Waals surface area contributed by atoms with Crippen LogP contribution in [0, 0.1) is 25.7 Å². The van der Waals surface area contributed by atoms with Gasteiger partial charge in [0.2, 0.25) is 0 Å². The van der Waals surface area contributed by atoms with Gasteiger partial charge in [0, 0.05) is 86.1 Å². The van der Waals surface area contributed by atoms with E-state index in [9.17, 15) is 10.2 Å². The van der Waals surface area contributed by atoms with Crippen LogP contribution in [0.4, 0.5) is 0 Å². The van der Waals surface area contributed by atoms with Gasteiger partial charge in [0.25, 0.3) is 0 Å². The van der Waals surface area contributed by atoms with Crippen molar-refractivity contribution in [2.45, 2.75) is 204 Å². The quantitative estimate of drug-likeness (QED) is 0.0647. The predicted octanol–water partition coefficient (Wildman–Crippen LogP) is 25.3. The van der Waals surface area contributed by atoms with Crippen LogP contribution in [0.1, 0.15) is 205 Å². The Kier molecular flexibility index (Phi) is 21.5. The summed E-state index contributed by atoms with van der Waals surface area (Å²) >= 11 is 14.0. The molecule has 0 saturated heterocycles. The summed E-state index contributed by atoms with van der Waals surface area (Å²) in [6.45, 7) is 50.6. The van der Waals surface area contributed by atoms with E-state index in [0.29, 0.717) is 74.8 Å². The van der Waals surface area contributed by atoms with Crippen LogP contribution in [0.2, 0.25) is 10.0 Å². The zero-order valence-corrected chi connectivity index (χ0v) is 66.2. The average Bonchev–Trinajstić information content (AvgIpc) is 1.55. The molecule has 0 bridgehead atoms. The molecule has 0 amide bonds. The third kappa shape index (κ3) is 15.5. The van der Waals surface area contributed by atoms with Crippen molar-refractivity contribution in [1.82, 2.24) is 9.13 Å². The Balaban J connectivity index is 0.00000417. The number of phenols is 2. The number of benzene rings is 8. The maximum atomic E-state index is 13.1. The number of hydrogen-bond donors (Lipinski definition) is 2. The van der Waals surface area contributed by atoms with Crippen LogP contribution >= 0.6 is 23.2 Å². The Hall–Kier alpha value is -5.99. The number of rotatable bonds is 14. The molecule has 94 heavy (non-hydrogen) atoms. The summed E-state index contributed by atoms with van der Waals surface area (Å²) < 4.78 is 18.1. The van der Waals surface area contributed by atoms with E-state index < -0.39 is 0 Å². The summed E-state index contributed by atoms with van der Waals surface area (Å²) in [5.74, 6) is 1.47. The van der Waals surface area contributed by atoms with Crippen molar-refractivity contribution in [2.24, 2.45) is 10.8 Å². The third-order valence-electron chi connectivity index (χ3n) is 18.4. The molecule has 8 aromatic carbocycles. The van der Waals surface area contributed by atoms with Crippen LogP contribution in [0.5, 0.6) is 23.0 Å². The largest absolute Gasteiger partial charge is 0.505 e. The van der Waals surface area contributed by atoms with Gasteiger partial charge in [-0.05, 0) is 199 Å². The fourth-order valence-electron chi connectivity index (χ4n) is 14.2. The van der Waals surface area contributed by atoms with E-state index in [0.717, 1.165) is 67.6 Å². The summed E-state index contributed by atoms with van der Waals surface area (Å²) in [7, 11) is 0. The molecule has 10 aromatic rings. The zero-order valence-electron chi connectivity index (χ0n) is 61.1. The second-order valence-electron chi connectivity index (χ2n) is 34.0. The number of phenolic OH excluding ortho intramolecular Hbond substituents is 2. The van der Waals surface area contributed by atoms with Crippen LogP contribution < -0.4 is 9.47 Å². The summed E-state index contributed by atoms with van der Waals surface area (Å²) in [5, 5.41) is 31.9. The SMILES string of the molecule is CC(C)(C)CC(C)(C)c1cc(-c2cc(Cl)ccc2OCCCOc2ccc(Cl)cc2-c2cc(C(C)(C)CC(C)(C)C)cc(-n3c4ccc(C(C)(C)C)cc4c4cc(C(C)(C)C)ccc43)c2O)c(O)c(-n2c3ccc(C(C)(C)C)cc3c3cc(C(C)(C)C)ccc32)c1.[CH3-].[CH3-].[Hf]. The standard InChI is InChI=1S/C83H100Cl2N2O4.2CH3.Hf/c1-76(2,3)48-82(19,20)54-42-64(74(88)70(44-54)86-66-30-24-50(78(7,8)9)38-58(66)59-39-51(79(10,11)12)25-31-67(59)86)62-46-56(84)28-34-72(62)90-36-23-37-91-73-35-29-57(85)47-63(73)65-43-55(83(21,22)49-77(4,5)6)45-71(75(65)89)87-68-32-26-52(80(13,14)15)40-60(68)61-41-53(81(16,17)18)27-33-69(61)87;;;/h24-35,38-47,88-89H,23,36-37,48-49H2,1-22H3;2*1H3;/q;2*-1;. The molecule has 2 aromatic heterocycles. The molecule has 0 aliphatic heterocycles. The van der Waals surface area contributed by atoms with Crippen molar-refractivity contribution in [3.63, 3.8) is 0 Å². The molecular formula is C85H106Cl2HfN2O4-2. The van der Waals surface area contributed by atoms with Gasteiger partial charge < -0.3 is 43.7 Å². The van der Waals surface area contributed by atoms with E-state index in [1.165, 1.54) is 22.3 Å². The van der Waals surface area contributed by atoms with Crippen LogP contribution in [0.25, 0.3) is 77.2 Å². The van der Waals surface area contributed by atoms with Crippen molar-refractivity contribution in [1.29, 1.82) is 0 Å². The van der Waals surface area contributed by atoms with E-state index in [-0.39, 0.29) is 95.5 Å². The molecule has 0 fully saturated rings. The molecule has 6 nitrogen and oxygen atoms in total. The molecule has 2 N–H and O–H groups in total. The first-order valence-corrected chi connectivity index (χ1v) is 33.6. The molecule has 0 atom stereocenters. The van der Waals surface area contributed by atoms with Crippen molar-refractivity contribution >= 4 is 66.8 Å². The van der Waals surface area contributed by atoms with Gasteiger partial charge in [0.05, 0.1) is 46.7 Å². The number of fused-ring (bicyclic) bond motifs is 6. The second-order valence-corrected chi connectivity index (χ2v) is 34.8. The molecule has 10 rings (SSSR count). The van der Waals surface area contributed by atoms with E-state index in [1.54, 1.807) is 0 Å². The van der Waals surface area contributed by atoms with Crippen molar-refractivity contribution in [2.75, 3.05) is 13.2 Å². The maximum Gasteiger partial charge on any atom is 0.147 e. The van der Waals surface area contributed by atoms with E-state index in [2.05, 4.69) is 259 Å². The summed E-state index contributed by atoms with van der Waals surface area (Å²) in [6, 6.07) is 47.2. The van der Waals surface area contributed by atoms with Crippen LogP contribution in [-0.2, 0) is 58.3 Å². The smallest absolute Gasteiger partial charge is 0.147 e. The minimum atomic E-state index is -0.301. The minimum Gasteiger partial charge on any atom is -0.505 e. The average molecular weight is 1470 g/mol. The number of ether oxygens (including phenoxy) is 2. The van der Waals surface area contributed by atoms with Crippen LogP contribution in [0.15, 0.2) is 133 Å². The van der Waals surface area contributed by atoms with Crippen LogP contribution in [-0.4, -0.2) is 32.6 Å². The van der Waals surface area contributed by atoms with Crippen molar-refractivity contribution in [3.05, 3.63) is 192 Å². The Morgan fingerprint density at radius 2 is 0.617 bits per heavy atom. The summed E-state index contributed by atoms with van der Waals surface area (Å²) in [5.41, 5.74) is 14.5. The van der Waals surface area contributed by atoms with Gasteiger partial charge >= 0.3 is 0 Å². The van der Waals surface area contributed by atoms with Gasteiger partial charge in [-0.2, -0.15) is 0 Å². The predicted molar refractivity (Wildman–Crippen MR) is 403 cm³/mol. The number of halogens is 2. The second kappa shape index (κ2) is 26.8. The zero-order chi connectivity index (χ0) is 66.7. The summed E-state index contributed by atoms with van der Waals surface area (Å²) in [4.78, 5) is 0. The molecule has 0 aliphatic carbocycles. The molecule has 0 radical (unpaired) electrons. The molecule has 0 unspecified atom stereocenters. The fourth-order valence-corrected chi connectivity index (χ4v) is 14.5. The monoisotopic (exact) mass is 1470 g/mol. The first-order chi connectivity index (χ1) is 42.0. The molecule has 2 heterocycles. The molecule has 0 saturated carbocycles. The van der Waals surface area contributed by atoms with E-state index in [4.69, 9.17) is 32.7 Å². The fraction of sp³-hybridized carbons (Fsp3) is 0.412. The molecule has 0 aliphatic rings. The summed E-state index contributed by atoms with van der Waals surface area (Å²) in [6.07, 6.45) is 2.31. The molecule has 9 heteroatoms. The van der Waals surface area contributed by atoms with Gasteiger partial charge in [-0.25, -0.2) is 0 Å². The van der Waals surface area contributed by atoms with Crippen molar-refractivity contribution < 1.29 is 45.5 Å². The van der Waals surface area contributed by atoms with Gasteiger partial charge in [-0.3, -0.25) is 0 Å². The first-order valence-electron chi connectivity index (χ1n) is 32.8. The molecular weight excluding hydrogens is 1360 g/mol. The Labute approximate surface area is 593 Å². The Bertz CT molecular complexity index is 4010. The van der Waals surface area contributed by atoms with Gasteiger partial charge in [0.15, 0.2) is 0 Å². The topological polar surface area (TPSA) is 68.8 Å². The van der Waals surface area contributed by atoms with Crippen molar-refractivity contribution in [3.8, 4) is 56.6 Å². The minimum absolute atomic E-state index is 0. The number of hydrogen-bond acceptors (Lipinski definition) is 4. The maximum absolute atomic E-state index is 13.1. The number of aromatic nitrogens is 2. The van der Waals surface area contributed by atoms with Crippen LogP contribution in [0.3, 0.4) is 0 Å². The number of aromatic hydroxyl groups is 2. The van der Waals surface area contributed by atoms with Gasteiger partial charge in [0.1, 0.15) is 23.0 Å². The Morgan fingerprint density at radius 1 is 0.340 bits per heavy atom. The van der Waals surface area contributed by atoms with E-state index >= 15 is 0 Å². The third-order valence-corrected chi connectivity index (χ3v) is 18.9. The van der Waals surface area contributed by atoms with E-state index in [1.807, 2.05) is 36.4 Å². The number of nitrogens with zero attached hydrogens (tertiary/aromatic N) is 2. The molecule has 500 valence electrons. The Morgan fingerprint density at radius 3 is 0.872 bits per heavy atom. The van der Waals surface area contributed by atoms with Gasteiger partial charge in [-0.1, -0.05) is 200 Å².